The molecule has 2 rings (SSSR count). The van der Waals surface area contributed by atoms with Gasteiger partial charge in [0, 0.05) is 24.5 Å². The van der Waals surface area contributed by atoms with Gasteiger partial charge in [-0.1, -0.05) is 37.0 Å². The van der Waals surface area contributed by atoms with Crippen molar-refractivity contribution in [2.75, 3.05) is 18.9 Å². The van der Waals surface area contributed by atoms with Crippen molar-refractivity contribution in [3.05, 3.63) is 44.9 Å². The summed E-state index contributed by atoms with van der Waals surface area (Å²) in [5.41, 5.74) is 0.678. The van der Waals surface area contributed by atoms with Crippen LogP contribution in [0.3, 0.4) is 0 Å². The van der Waals surface area contributed by atoms with Crippen molar-refractivity contribution in [2.24, 2.45) is 5.92 Å². The summed E-state index contributed by atoms with van der Waals surface area (Å²) in [5, 5.41) is 5.32. The van der Waals surface area contributed by atoms with Crippen LogP contribution in [0.1, 0.15) is 34.7 Å². The molecule has 0 radical (unpaired) electrons. The maximum Gasteiger partial charge on any atom is 0.273 e. The van der Waals surface area contributed by atoms with E-state index in [-0.39, 0.29) is 11.8 Å². The molecule has 1 N–H and O–H groups in total. The second kappa shape index (κ2) is 7.96. The van der Waals surface area contributed by atoms with E-state index in [0.717, 1.165) is 0 Å². The zero-order valence-corrected chi connectivity index (χ0v) is 15.8. The number of rotatable bonds is 5. The van der Waals surface area contributed by atoms with Crippen LogP contribution in [-0.4, -0.2) is 35.3 Å². The first-order chi connectivity index (χ1) is 11.3. The summed E-state index contributed by atoms with van der Waals surface area (Å²) in [6, 6.07) is 4.60. The molecule has 0 bridgehead atoms. The van der Waals surface area contributed by atoms with Gasteiger partial charge in [0.15, 0.2) is 5.13 Å². The van der Waals surface area contributed by atoms with Gasteiger partial charge in [0.1, 0.15) is 5.69 Å². The van der Waals surface area contributed by atoms with Gasteiger partial charge in [-0.15, -0.1) is 11.3 Å². The third-order valence-electron chi connectivity index (χ3n) is 3.11. The molecule has 0 aliphatic heterocycles. The first-order valence-corrected chi connectivity index (χ1v) is 8.89. The van der Waals surface area contributed by atoms with Crippen LogP contribution in [0.5, 0.6) is 0 Å². The summed E-state index contributed by atoms with van der Waals surface area (Å²) in [6.45, 7) is 4.71. The fourth-order valence-electron chi connectivity index (χ4n) is 2.06. The maximum atomic E-state index is 12.3. The van der Waals surface area contributed by atoms with Crippen molar-refractivity contribution in [1.29, 1.82) is 0 Å². The molecule has 0 aliphatic carbocycles. The van der Waals surface area contributed by atoms with Gasteiger partial charge in [-0.2, -0.15) is 0 Å². The second-order valence-electron chi connectivity index (χ2n) is 5.70. The molecule has 1 aromatic heterocycles. The molecule has 0 saturated heterocycles. The van der Waals surface area contributed by atoms with Gasteiger partial charge in [-0.05, 0) is 24.1 Å². The number of nitrogens with one attached hydrogen (secondary N) is 1. The third-order valence-corrected chi connectivity index (χ3v) is 4.61. The molecule has 1 heterocycles. The molecule has 1 aromatic carbocycles. The number of carbonyl (C=O) groups excluding carboxylic acids is 2. The molecule has 0 fully saturated rings. The van der Waals surface area contributed by atoms with E-state index in [0.29, 0.717) is 38.9 Å². The van der Waals surface area contributed by atoms with Gasteiger partial charge in [0.2, 0.25) is 0 Å². The highest BCUT2D eigenvalue weighted by atomic mass is 35.5. The van der Waals surface area contributed by atoms with Gasteiger partial charge in [-0.25, -0.2) is 4.98 Å². The van der Waals surface area contributed by atoms with Gasteiger partial charge in [-0.3, -0.25) is 14.9 Å². The summed E-state index contributed by atoms with van der Waals surface area (Å²) >= 11 is 12.9. The van der Waals surface area contributed by atoms with Crippen molar-refractivity contribution >= 4 is 51.5 Å². The van der Waals surface area contributed by atoms with Crippen LogP contribution in [-0.2, 0) is 0 Å². The smallest absolute Gasteiger partial charge is 0.273 e. The zero-order chi connectivity index (χ0) is 17.9. The number of benzene rings is 1. The quantitative estimate of drug-likeness (QED) is 0.827. The number of hydrogen-bond acceptors (Lipinski definition) is 4. The van der Waals surface area contributed by atoms with Crippen molar-refractivity contribution in [1.82, 2.24) is 9.88 Å². The largest absolute Gasteiger partial charge is 0.340 e. The average Bonchev–Trinajstić information content (AvgIpc) is 2.96. The Labute approximate surface area is 154 Å². The van der Waals surface area contributed by atoms with E-state index in [9.17, 15) is 9.59 Å². The van der Waals surface area contributed by atoms with Gasteiger partial charge < -0.3 is 4.90 Å². The maximum absolute atomic E-state index is 12.3. The Morgan fingerprint density at radius 2 is 2.00 bits per heavy atom. The molecule has 24 heavy (non-hydrogen) atoms. The lowest BCUT2D eigenvalue weighted by Gasteiger charge is -2.17. The lowest BCUT2D eigenvalue weighted by atomic mass is 10.2. The van der Waals surface area contributed by atoms with Gasteiger partial charge in [0.25, 0.3) is 11.8 Å². The Bertz CT molecular complexity index is 762. The fourth-order valence-corrected chi connectivity index (χ4v) is 3.04. The molecule has 2 aromatic rings. The molecular formula is C16H17Cl2N3O2S. The normalized spacial score (nSPS) is 10.8. The molecule has 128 valence electrons. The van der Waals surface area contributed by atoms with E-state index >= 15 is 0 Å². The SMILES string of the molecule is CC(C)CN(C)C(=O)c1csc(NC(=O)c2ccc(Cl)c(Cl)c2)n1. The highest BCUT2D eigenvalue weighted by Crippen LogP contribution is 2.24. The van der Waals surface area contributed by atoms with E-state index in [1.807, 2.05) is 13.8 Å². The molecule has 0 spiro atoms. The number of carbonyl (C=O) groups is 2. The topological polar surface area (TPSA) is 62.3 Å². The van der Waals surface area contributed by atoms with E-state index in [4.69, 9.17) is 23.2 Å². The number of hydrogen-bond donors (Lipinski definition) is 1. The number of halogens is 2. The summed E-state index contributed by atoms with van der Waals surface area (Å²) in [7, 11) is 1.73. The van der Waals surface area contributed by atoms with Crippen molar-refractivity contribution in [3.8, 4) is 0 Å². The van der Waals surface area contributed by atoms with Crippen LogP contribution in [0, 0.1) is 5.92 Å². The van der Waals surface area contributed by atoms with Gasteiger partial charge >= 0.3 is 0 Å². The molecule has 2 amide bonds. The number of thiazole rings is 1. The number of amides is 2. The van der Waals surface area contributed by atoms with Crippen molar-refractivity contribution in [2.45, 2.75) is 13.8 Å². The molecule has 0 saturated carbocycles. The Hall–Kier alpha value is -1.63. The summed E-state index contributed by atoms with van der Waals surface area (Å²) in [5.74, 6) is -0.168. The minimum atomic E-state index is -0.363. The minimum absolute atomic E-state index is 0.171. The molecule has 5 nitrogen and oxygen atoms in total. The second-order valence-corrected chi connectivity index (χ2v) is 7.37. The number of anilines is 1. The average molecular weight is 386 g/mol. The number of nitrogens with zero attached hydrogens (tertiary/aromatic N) is 2. The predicted octanol–water partition coefficient (Wildman–Crippen LogP) is 4.43. The minimum Gasteiger partial charge on any atom is -0.340 e. The Morgan fingerprint density at radius 1 is 1.29 bits per heavy atom. The lowest BCUT2D eigenvalue weighted by Crippen LogP contribution is -2.30. The van der Waals surface area contributed by atoms with Gasteiger partial charge in [0.05, 0.1) is 10.0 Å². The third kappa shape index (κ3) is 4.69. The fraction of sp³-hybridized carbons (Fsp3) is 0.312. The highest BCUT2D eigenvalue weighted by molar-refractivity contribution is 7.14. The summed E-state index contributed by atoms with van der Waals surface area (Å²) in [4.78, 5) is 30.2. The number of aromatic nitrogens is 1. The van der Waals surface area contributed by atoms with Crippen LogP contribution in [0.25, 0.3) is 0 Å². The molecular weight excluding hydrogens is 369 g/mol. The molecule has 8 heteroatoms. The Morgan fingerprint density at radius 3 is 2.62 bits per heavy atom. The molecule has 0 aliphatic rings. The first-order valence-electron chi connectivity index (χ1n) is 7.25. The van der Waals surface area contributed by atoms with Crippen LogP contribution >= 0.6 is 34.5 Å². The Balaban J connectivity index is 2.06. The van der Waals surface area contributed by atoms with Crippen molar-refractivity contribution in [3.63, 3.8) is 0 Å². The zero-order valence-electron chi connectivity index (χ0n) is 13.5. The monoisotopic (exact) mass is 385 g/mol. The summed E-state index contributed by atoms with van der Waals surface area (Å²) < 4.78 is 0. The standard InChI is InChI=1S/C16H17Cl2N3O2S/c1-9(2)7-21(3)15(23)13-8-24-16(19-13)20-14(22)10-4-5-11(17)12(18)6-10/h4-6,8-9H,7H2,1-3H3,(H,19,20,22). The predicted molar refractivity (Wildman–Crippen MR) is 98.3 cm³/mol. The molecule has 0 unspecified atom stereocenters. The Kier molecular flexibility index (Phi) is 6.21. The van der Waals surface area contributed by atoms with Crippen LogP contribution in [0.2, 0.25) is 10.0 Å². The van der Waals surface area contributed by atoms with Crippen molar-refractivity contribution < 1.29 is 9.59 Å². The van der Waals surface area contributed by atoms with E-state index in [1.165, 1.54) is 17.4 Å². The summed E-state index contributed by atoms with van der Waals surface area (Å²) in [6.07, 6.45) is 0. The van der Waals surface area contributed by atoms with E-state index in [1.54, 1.807) is 29.5 Å². The lowest BCUT2D eigenvalue weighted by molar-refractivity contribution is 0.0774. The first kappa shape index (κ1) is 18.7. The van der Waals surface area contributed by atoms with Crippen LogP contribution in [0.15, 0.2) is 23.6 Å². The van der Waals surface area contributed by atoms with E-state index < -0.39 is 0 Å². The van der Waals surface area contributed by atoms with Crippen LogP contribution < -0.4 is 5.32 Å². The van der Waals surface area contributed by atoms with Crippen LogP contribution in [0.4, 0.5) is 5.13 Å². The highest BCUT2D eigenvalue weighted by Gasteiger charge is 2.17. The van der Waals surface area contributed by atoms with E-state index in [2.05, 4.69) is 10.3 Å². The molecule has 0 atom stereocenters.